The maximum absolute atomic E-state index is 9.68. The Kier molecular flexibility index (Phi) is 6.82. The third kappa shape index (κ3) is 4.92. The van der Waals surface area contributed by atoms with E-state index in [2.05, 4.69) is 62.5 Å². The van der Waals surface area contributed by atoms with Gasteiger partial charge in [0, 0.05) is 0 Å². The Morgan fingerprint density at radius 1 is 1.00 bits per heavy atom. The van der Waals surface area contributed by atoms with Gasteiger partial charge in [0.15, 0.2) is 0 Å². The van der Waals surface area contributed by atoms with Crippen molar-refractivity contribution in [1.29, 1.82) is 0 Å². The first-order valence-corrected chi connectivity index (χ1v) is 8.61. The fourth-order valence-electron chi connectivity index (χ4n) is 3.31. The van der Waals surface area contributed by atoms with Crippen molar-refractivity contribution < 1.29 is 5.11 Å². The van der Waals surface area contributed by atoms with Crippen LogP contribution in [0.5, 0.6) is 0 Å². The average molecular weight is 311 g/mol. The lowest BCUT2D eigenvalue weighted by atomic mass is 9.84. The van der Waals surface area contributed by atoms with Crippen molar-refractivity contribution in [3.63, 3.8) is 0 Å². The SMILES string of the molecule is CC[C@@H](c1cccc(C)c1)[C@@H](C)CN[C@@H](CO)c1ccccc1. The van der Waals surface area contributed by atoms with Crippen molar-refractivity contribution in [1.82, 2.24) is 5.32 Å². The summed E-state index contributed by atoms with van der Waals surface area (Å²) in [5.74, 6) is 1.05. The summed E-state index contributed by atoms with van der Waals surface area (Å²) >= 11 is 0. The first kappa shape index (κ1) is 17.7. The fraction of sp³-hybridized carbons (Fsp3) is 0.429. The van der Waals surface area contributed by atoms with E-state index in [9.17, 15) is 5.11 Å². The topological polar surface area (TPSA) is 32.3 Å². The normalized spacial score (nSPS) is 15.1. The number of aryl methyl sites for hydroxylation is 1. The van der Waals surface area contributed by atoms with Crippen molar-refractivity contribution in [3.05, 3.63) is 71.3 Å². The van der Waals surface area contributed by atoms with Gasteiger partial charge in [-0.15, -0.1) is 0 Å². The second-order valence-corrected chi connectivity index (χ2v) is 6.46. The smallest absolute Gasteiger partial charge is 0.0626 e. The van der Waals surface area contributed by atoms with E-state index in [1.807, 2.05) is 18.2 Å². The number of rotatable bonds is 8. The molecule has 0 spiro atoms. The first-order chi connectivity index (χ1) is 11.2. The Labute approximate surface area is 140 Å². The number of aliphatic hydroxyl groups excluding tert-OH is 1. The lowest BCUT2D eigenvalue weighted by Gasteiger charge is -2.26. The second kappa shape index (κ2) is 8.85. The summed E-state index contributed by atoms with van der Waals surface area (Å²) in [6.45, 7) is 7.72. The summed E-state index contributed by atoms with van der Waals surface area (Å²) in [5, 5.41) is 13.2. The van der Waals surface area contributed by atoms with Crippen LogP contribution in [-0.2, 0) is 0 Å². The molecule has 2 heteroatoms. The minimum absolute atomic E-state index is 0.00802. The van der Waals surface area contributed by atoms with E-state index in [-0.39, 0.29) is 12.6 Å². The zero-order chi connectivity index (χ0) is 16.7. The van der Waals surface area contributed by atoms with Gasteiger partial charge in [-0.3, -0.25) is 0 Å². The van der Waals surface area contributed by atoms with Gasteiger partial charge in [-0.05, 0) is 42.9 Å². The van der Waals surface area contributed by atoms with E-state index in [0.717, 1.165) is 18.5 Å². The van der Waals surface area contributed by atoms with Gasteiger partial charge in [-0.1, -0.05) is 74.0 Å². The highest BCUT2D eigenvalue weighted by atomic mass is 16.3. The first-order valence-electron chi connectivity index (χ1n) is 8.61. The van der Waals surface area contributed by atoms with E-state index < -0.39 is 0 Å². The zero-order valence-electron chi connectivity index (χ0n) is 14.5. The van der Waals surface area contributed by atoms with Gasteiger partial charge < -0.3 is 10.4 Å². The Hall–Kier alpha value is -1.64. The highest BCUT2D eigenvalue weighted by Crippen LogP contribution is 2.28. The minimum Gasteiger partial charge on any atom is -0.394 e. The molecule has 3 atom stereocenters. The van der Waals surface area contributed by atoms with Crippen LogP contribution in [0.4, 0.5) is 0 Å². The van der Waals surface area contributed by atoms with Gasteiger partial charge in [0.25, 0.3) is 0 Å². The summed E-state index contributed by atoms with van der Waals surface area (Å²) < 4.78 is 0. The molecule has 0 aromatic heterocycles. The van der Waals surface area contributed by atoms with Crippen LogP contribution in [0.3, 0.4) is 0 Å². The number of benzene rings is 2. The largest absolute Gasteiger partial charge is 0.394 e. The Bertz CT molecular complexity index is 581. The average Bonchev–Trinajstić information content (AvgIpc) is 2.57. The van der Waals surface area contributed by atoms with Gasteiger partial charge in [0.2, 0.25) is 0 Å². The number of nitrogens with one attached hydrogen (secondary N) is 1. The van der Waals surface area contributed by atoms with Crippen LogP contribution in [0.15, 0.2) is 54.6 Å². The molecule has 0 saturated carbocycles. The molecule has 2 aromatic rings. The molecule has 2 nitrogen and oxygen atoms in total. The summed E-state index contributed by atoms with van der Waals surface area (Å²) in [7, 11) is 0. The molecule has 2 N–H and O–H groups in total. The van der Waals surface area contributed by atoms with Crippen LogP contribution in [0.25, 0.3) is 0 Å². The molecule has 23 heavy (non-hydrogen) atoms. The Morgan fingerprint density at radius 3 is 2.30 bits per heavy atom. The molecule has 2 rings (SSSR count). The van der Waals surface area contributed by atoms with Crippen LogP contribution in [-0.4, -0.2) is 18.3 Å². The van der Waals surface area contributed by atoms with Crippen LogP contribution in [0.2, 0.25) is 0 Å². The van der Waals surface area contributed by atoms with Crippen LogP contribution in [0.1, 0.15) is 48.9 Å². The molecule has 0 aliphatic carbocycles. The van der Waals surface area contributed by atoms with Gasteiger partial charge in [0.05, 0.1) is 12.6 Å². The lowest BCUT2D eigenvalue weighted by Crippen LogP contribution is -2.31. The van der Waals surface area contributed by atoms with Crippen molar-refractivity contribution in [2.45, 2.75) is 39.2 Å². The van der Waals surface area contributed by atoms with Crippen molar-refractivity contribution in [2.75, 3.05) is 13.2 Å². The molecule has 2 aromatic carbocycles. The van der Waals surface area contributed by atoms with Crippen LogP contribution < -0.4 is 5.32 Å². The van der Waals surface area contributed by atoms with Crippen molar-refractivity contribution in [2.24, 2.45) is 5.92 Å². The van der Waals surface area contributed by atoms with Gasteiger partial charge in [-0.25, -0.2) is 0 Å². The highest BCUT2D eigenvalue weighted by molar-refractivity contribution is 5.26. The molecule has 0 heterocycles. The monoisotopic (exact) mass is 311 g/mol. The van der Waals surface area contributed by atoms with Crippen LogP contribution in [0, 0.1) is 12.8 Å². The van der Waals surface area contributed by atoms with Gasteiger partial charge >= 0.3 is 0 Å². The minimum atomic E-state index is 0.00802. The molecule has 124 valence electrons. The molecule has 0 bridgehead atoms. The highest BCUT2D eigenvalue weighted by Gasteiger charge is 2.19. The third-order valence-corrected chi connectivity index (χ3v) is 4.67. The molecule has 0 radical (unpaired) electrons. The molecule has 0 aliphatic rings. The van der Waals surface area contributed by atoms with E-state index >= 15 is 0 Å². The summed E-state index contributed by atoms with van der Waals surface area (Å²) in [5.41, 5.74) is 3.88. The molecule has 0 fully saturated rings. The molecular weight excluding hydrogens is 282 g/mol. The standard InChI is InChI=1S/C21H29NO/c1-4-20(19-12-8-9-16(2)13-19)17(3)14-22-21(15-23)18-10-6-5-7-11-18/h5-13,17,20-23H,4,14-15H2,1-3H3/t17-,20+,21-/m0/s1. The predicted octanol–water partition coefficient (Wildman–Crippen LogP) is 4.45. The number of hydrogen-bond acceptors (Lipinski definition) is 2. The maximum Gasteiger partial charge on any atom is 0.0626 e. The quantitative estimate of drug-likeness (QED) is 0.755. The fourth-order valence-corrected chi connectivity index (χ4v) is 3.31. The van der Waals surface area contributed by atoms with E-state index in [1.165, 1.54) is 11.1 Å². The Morgan fingerprint density at radius 2 is 1.70 bits per heavy atom. The third-order valence-electron chi connectivity index (χ3n) is 4.67. The summed E-state index contributed by atoms with van der Waals surface area (Å²) in [4.78, 5) is 0. The predicted molar refractivity (Wildman–Crippen MR) is 97.6 cm³/mol. The van der Waals surface area contributed by atoms with E-state index in [4.69, 9.17) is 0 Å². The molecular formula is C21H29NO. The lowest BCUT2D eigenvalue weighted by molar-refractivity contribution is 0.236. The molecule has 0 aliphatic heterocycles. The maximum atomic E-state index is 9.68. The Balaban J connectivity index is 2.00. The van der Waals surface area contributed by atoms with Gasteiger partial charge in [0.1, 0.15) is 0 Å². The molecule has 0 unspecified atom stereocenters. The van der Waals surface area contributed by atoms with E-state index in [1.54, 1.807) is 0 Å². The molecule has 0 amide bonds. The summed E-state index contributed by atoms with van der Waals surface area (Å²) in [6, 6.07) is 19.0. The number of hydrogen-bond donors (Lipinski definition) is 2. The van der Waals surface area contributed by atoms with Crippen molar-refractivity contribution >= 4 is 0 Å². The van der Waals surface area contributed by atoms with Crippen molar-refractivity contribution in [3.8, 4) is 0 Å². The van der Waals surface area contributed by atoms with E-state index in [0.29, 0.717) is 11.8 Å². The second-order valence-electron chi connectivity index (χ2n) is 6.46. The molecule has 0 saturated heterocycles. The summed E-state index contributed by atoms with van der Waals surface area (Å²) in [6.07, 6.45) is 1.13. The van der Waals surface area contributed by atoms with Gasteiger partial charge in [-0.2, -0.15) is 0 Å². The van der Waals surface area contributed by atoms with Crippen LogP contribution >= 0.6 is 0 Å². The number of aliphatic hydroxyl groups is 1. The zero-order valence-corrected chi connectivity index (χ0v) is 14.5.